The Hall–Kier alpha value is -1.47. The maximum absolute atomic E-state index is 11.3. The first-order valence-corrected chi connectivity index (χ1v) is 6.74. The first-order valence-electron chi connectivity index (χ1n) is 5.95. The van der Waals surface area contributed by atoms with Gasteiger partial charge in [-0.25, -0.2) is 0 Å². The Morgan fingerprint density at radius 1 is 1.58 bits per heavy atom. The highest BCUT2D eigenvalue weighted by Gasteiger charge is 2.29. The van der Waals surface area contributed by atoms with E-state index in [0.717, 1.165) is 24.9 Å². The van der Waals surface area contributed by atoms with Crippen molar-refractivity contribution in [3.8, 4) is 0 Å². The molecule has 1 aromatic rings. The normalized spacial score (nSPS) is 19.5. The Labute approximate surface area is 118 Å². The third-order valence-electron chi connectivity index (χ3n) is 3.28. The van der Waals surface area contributed by atoms with E-state index >= 15 is 0 Å². The van der Waals surface area contributed by atoms with E-state index in [4.69, 9.17) is 5.73 Å². The summed E-state index contributed by atoms with van der Waals surface area (Å²) in [6.07, 6.45) is 1.68. The number of nitrogens with two attached hydrogens (primary N) is 1. The first kappa shape index (κ1) is 14.0. The van der Waals surface area contributed by atoms with Gasteiger partial charge in [0.1, 0.15) is 0 Å². The van der Waals surface area contributed by atoms with Crippen LogP contribution >= 0.6 is 15.9 Å². The van der Waals surface area contributed by atoms with Gasteiger partial charge in [0.05, 0.1) is 15.4 Å². The number of amides is 1. The molecule has 102 valence electrons. The van der Waals surface area contributed by atoms with E-state index in [1.54, 1.807) is 6.07 Å². The van der Waals surface area contributed by atoms with Gasteiger partial charge in [0.2, 0.25) is 5.91 Å². The molecule has 1 atom stereocenters. The molecular formula is C12H14BrN3O3. The van der Waals surface area contributed by atoms with Gasteiger partial charge in [-0.05, 0) is 46.9 Å². The summed E-state index contributed by atoms with van der Waals surface area (Å²) in [4.78, 5) is 23.7. The number of primary amides is 1. The van der Waals surface area contributed by atoms with Gasteiger partial charge in [-0.1, -0.05) is 6.07 Å². The summed E-state index contributed by atoms with van der Waals surface area (Å²) >= 11 is 3.15. The Bertz CT molecular complexity index is 521. The predicted molar refractivity (Wildman–Crippen MR) is 73.4 cm³/mol. The lowest BCUT2D eigenvalue weighted by Gasteiger charge is -2.21. The van der Waals surface area contributed by atoms with Crippen LogP contribution < -0.4 is 5.73 Å². The third-order valence-corrected chi connectivity index (χ3v) is 3.96. The molecule has 0 saturated carbocycles. The second-order valence-electron chi connectivity index (χ2n) is 4.57. The highest BCUT2D eigenvalue weighted by Crippen LogP contribution is 2.27. The molecule has 0 aromatic heterocycles. The largest absolute Gasteiger partial charge is 0.368 e. The van der Waals surface area contributed by atoms with Crippen LogP contribution in [0.2, 0.25) is 0 Å². The Morgan fingerprint density at radius 2 is 2.32 bits per heavy atom. The molecule has 1 heterocycles. The first-order chi connectivity index (χ1) is 8.99. The summed E-state index contributed by atoms with van der Waals surface area (Å²) in [5.41, 5.74) is 6.19. The molecule has 1 fully saturated rings. The van der Waals surface area contributed by atoms with E-state index in [0.29, 0.717) is 11.0 Å². The van der Waals surface area contributed by atoms with Crippen molar-refractivity contribution in [1.82, 2.24) is 4.90 Å². The van der Waals surface area contributed by atoms with Gasteiger partial charge in [-0.3, -0.25) is 19.8 Å². The standard InChI is InChI=1S/C12H14BrN3O3/c13-9-4-3-8(6-11(9)16(18)19)7-15-5-1-2-10(15)12(14)17/h3-4,6,10H,1-2,5,7H2,(H2,14,17). The molecule has 2 rings (SSSR count). The van der Waals surface area contributed by atoms with Crippen LogP contribution in [0.5, 0.6) is 0 Å². The summed E-state index contributed by atoms with van der Waals surface area (Å²) in [5.74, 6) is -0.330. The average molecular weight is 328 g/mol. The SMILES string of the molecule is NC(=O)C1CCCN1Cc1ccc(Br)c([N+](=O)[O-])c1. The highest BCUT2D eigenvalue weighted by molar-refractivity contribution is 9.10. The van der Waals surface area contributed by atoms with Crippen molar-refractivity contribution in [2.45, 2.75) is 25.4 Å². The summed E-state index contributed by atoms with van der Waals surface area (Å²) in [7, 11) is 0. The fourth-order valence-corrected chi connectivity index (χ4v) is 2.76. The van der Waals surface area contributed by atoms with E-state index in [-0.39, 0.29) is 17.6 Å². The number of rotatable bonds is 4. The molecule has 1 aliphatic rings. The minimum absolute atomic E-state index is 0.0346. The number of benzene rings is 1. The molecule has 1 aliphatic heterocycles. The van der Waals surface area contributed by atoms with E-state index in [9.17, 15) is 14.9 Å². The number of likely N-dealkylation sites (tertiary alicyclic amines) is 1. The molecule has 7 heteroatoms. The van der Waals surface area contributed by atoms with Gasteiger partial charge in [0, 0.05) is 12.6 Å². The van der Waals surface area contributed by atoms with E-state index < -0.39 is 4.92 Å². The van der Waals surface area contributed by atoms with Crippen LogP contribution in [0.4, 0.5) is 5.69 Å². The number of hydrogen-bond donors (Lipinski definition) is 1. The molecule has 0 bridgehead atoms. The number of nitrogens with zero attached hydrogens (tertiary/aromatic N) is 2. The highest BCUT2D eigenvalue weighted by atomic mass is 79.9. The molecular weight excluding hydrogens is 314 g/mol. The molecule has 6 nitrogen and oxygen atoms in total. The lowest BCUT2D eigenvalue weighted by atomic mass is 10.1. The third kappa shape index (κ3) is 3.10. The molecule has 0 radical (unpaired) electrons. The maximum Gasteiger partial charge on any atom is 0.283 e. The van der Waals surface area contributed by atoms with E-state index in [1.807, 2.05) is 11.0 Å². The molecule has 1 unspecified atom stereocenters. The molecule has 1 amide bonds. The van der Waals surface area contributed by atoms with Gasteiger partial charge < -0.3 is 5.73 Å². The topological polar surface area (TPSA) is 89.5 Å². The number of carbonyl (C=O) groups is 1. The molecule has 19 heavy (non-hydrogen) atoms. The fraction of sp³-hybridized carbons (Fsp3) is 0.417. The Balaban J connectivity index is 2.17. The summed E-state index contributed by atoms with van der Waals surface area (Å²) in [5, 5.41) is 10.9. The van der Waals surface area contributed by atoms with Crippen LogP contribution in [0.1, 0.15) is 18.4 Å². The Kier molecular flexibility index (Phi) is 4.16. The Morgan fingerprint density at radius 3 is 2.95 bits per heavy atom. The van der Waals surface area contributed by atoms with Crippen molar-refractivity contribution in [3.05, 3.63) is 38.3 Å². The van der Waals surface area contributed by atoms with Crippen molar-refractivity contribution in [2.75, 3.05) is 6.54 Å². The monoisotopic (exact) mass is 327 g/mol. The summed E-state index contributed by atoms with van der Waals surface area (Å²) < 4.78 is 0.453. The smallest absolute Gasteiger partial charge is 0.283 e. The van der Waals surface area contributed by atoms with Crippen LogP contribution in [0.15, 0.2) is 22.7 Å². The molecule has 0 aliphatic carbocycles. The average Bonchev–Trinajstić information content (AvgIpc) is 2.79. The van der Waals surface area contributed by atoms with Gasteiger partial charge in [0.15, 0.2) is 0 Å². The zero-order chi connectivity index (χ0) is 14.0. The zero-order valence-electron chi connectivity index (χ0n) is 10.2. The van der Waals surface area contributed by atoms with Crippen LogP contribution in [-0.4, -0.2) is 28.3 Å². The van der Waals surface area contributed by atoms with Crippen LogP contribution in [-0.2, 0) is 11.3 Å². The van der Waals surface area contributed by atoms with Gasteiger partial charge >= 0.3 is 0 Å². The number of nitro groups is 1. The molecule has 2 N–H and O–H groups in total. The van der Waals surface area contributed by atoms with E-state index in [2.05, 4.69) is 15.9 Å². The summed E-state index contributed by atoms with van der Waals surface area (Å²) in [6.45, 7) is 1.29. The van der Waals surface area contributed by atoms with Crippen molar-refractivity contribution < 1.29 is 9.72 Å². The van der Waals surface area contributed by atoms with Crippen LogP contribution in [0.3, 0.4) is 0 Å². The lowest BCUT2D eigenvalue weighted by molar-refractivity contribution is -0.385. The second kappa shape index (κ2) is 5.66. The predicted octanol–water partition coefficient (Wildman–Crippen LogP) is 1.81. The second-order valence-corrected chi connectivity index (χ2v) is 5.43. The maximum atomic E-state index is 11.3. The minimum Gasteiger partial charge on any atom is -0.368 e. The molecule has 1 aromatic carbocycles. The molecule has 1 saturated heterocycles. The number of nitro benzene ring substituents is 1. The van der Waals surface area contributed by atoms with Crippen LogP contribution in [0, 0.1) is 10.1 Å². The van der Waals surface area contributed by atoms with Crippen LogP contribution in [0.25, 0.3) is 0 Å². The fourth-order valence-electron chi connectivity index (χ4n) is 2.37. The van der Waals surface area contributed by atoms with Gasteiger partial charge in [-0.2, -0.15) is 0 Å². The number of halogens is 1. The van der Waals surface area contributed by atoms with Crippen molar-refractivity contribution in [1.29, 1.82) is 0 Å². The number of hydrogen-bond acceptors (Lipinski definition) is 4. The quantitative estimate of drug-likeness (QED) is 0.674. The van der Waals surface area contributed by atoms with Crippen molar-refractivity contribution in [2.24, 2.45) is 5.73 Å². The van der Waals surface area contributed by atoms with Gasteiger partial charge in [0.25, 0.3) is 5.69 Å². The van der Waals surface area contributed by atoms with Gasteiger partial charge in [-0.15, -0.1) is 0 Å². The summed E-state index contributed by atoms with van der Waals surface area (Å²) in [6, 6.07) is 4.74. The zero-order valence-corrected chi connectivity index (χ0v) is 11.8. The van der Waals surface area contributed by atoms with Crippen molar-refractivity contribution in [3.63, 3.8) is 0 Å². The number of carbonyl (C=O) groups excluding carboxylic acids is 1. The lowest BCUT2D eigenvalue weighted by Crippen LogP contribution is -2.39. The minimum atomic E-state index is -0.427. The van der Waals surface area contributed by atoms with E-state index in [1.165, 1.54) is 6.07 Å². The molecule has 0 spiro atoms. The van der Waals surface area contributed by atoms with Crippen molar-refractivity contribution >= 4 is 27.5 Å².